The average Bonchev–Trinajstić information content (AvgIpc) is 3.34. The molecule has 0 aliphatic rings. The van der Waals surface area contributed by atoms with Crippen LogP contribution in [0.5, 0.6) is 0 Å². The van der Waals surface area contributed by atoms with Crippen LogP contribution < -0.4 is 15.6 Å². The van der Waals surface area contributed by atoms with E-state index in [0.717, 1.165) is 27.7 Å². The monoisotopic (exact) mass is 465 g/mol. The number of rotatable bonds is 6. The van der Waals surface area contributed by atoms with E-state index < -0.39 is 21.8 Å². The number of hydrogen-bond donors (Lipinski definition) is 3. The summed E-state index contributed by atoms with van der Waals surface area (Å²) in [5.74, 6) is -1.04. The van der Waals surface area contributed by atoms with Crippen LogP contribution in [-0.4, -0.2) is 20.2 Å². The summed E-state index contributed by atoms with van der Waals surface area (Å²) < 4.78 is 27.6. The molecule has 0 atom stereocenters. The van der Waals surface area contributed by atoms with Gasteiger partial charge in [0, 0.05) is 0 Å². The van der Waals surface area contributed by atoms with E-state index in [9.17, 15) is 18.0 Å². The minimum atomic E-state index is -3.81. The maximum absolute atomic E-state index is 12.6. The van der Waals surface area contributed by atoms with Gasteiger partial charge < -0.3 is 0 Å². The van der Waals surface area contributed by atoms with Crippen LogP contribution >= 0.6 is 11.3 Å². The van der Waals surface area contributed by atoms with Gasteiger partial charge in [0.05, 0.1) is 17.7 Å². The summed E-state index contributed by atoms with van der Waals surface area (Å²) in [5.41, 5.74) is 5.73. The first-order chi connectivity index (χ1) is 15.4. The number of carbonyl (C=O) groups excluding carboxylic acids is 2. The Morgan fingerprint density at radius 3 is 2.34 bits per heavy atom. The first-order valence-electron chi connectivity index (χ1n) is 9.64. The standard InChI is InChI=1S/C23H19N3O4S2/c27-21(15-16-11-12-17-6-1-2-7-18(17)14-16)24-25-23(28)19-8-3-4-9-20(19)26-32(29,30)22-10-5-13-31-22/h1-14,26H,15H2,(H,24,27)(H,25,28). The third-order valence-electron chi connectivity index (χ3n) is 4.67. The number of para-hydroxylation sites is 1. The molecule has 9 heteroatoms. The zero-order chi connectivity index (χ0) is 22.6. The van der Waals surface area contributed by atoms with Gasteiger partial charge in [-0.3, -0.25) is 25.2 Å². The largest absolute Gasteiger partial charge is 0.278 e. The lowest BCUT2D eigenvalue weighted by Crippen LogP contribution is -2.42. The second kappa shape index (κ2) is 9.21. The van der Waals surface area contributed by atoms with Crippen molar-refractivity contribution in [3.05, 3.63) is 95.4 Å². The number of thiophene rings is 1. The number of hydrazine groups is 1. The molecule has 3 N–H and O–H groups in total. The maximum atomic E-state index is 12.6. The number of nitrogens with one attached hydrogen (secondary N) is 3. The van der Waals surface area contributed by atoms with E-state index in [1.807, 2.05) is 42.5 Å². The topological polar surface area (TPSA) is 104 Å². The summed E-state index contributed by atoms with van der Waals surface area (Å²) >= 11 is 1.07. The van der Waals surface area contributed by atoms with Crippen LogP contribution in [0.25, 0.3) is 10.8 Å². The van der Waals surface area contributed by atoms with E-state index in [4.69, 9.17) is 0 Å². The molecule has 0 saturated heterocycles. The third kappa shape index (κ3) is 4.96. The summed E-state index contributed by atoms with van der Waals surface area (Å²) in [5, 5.41) is 3.75. The summed E-state index contributed by atoms with van der Waals surface area (Å²) in [6, 6.07) is 22.8. The van der Waals surface area contributed by atoms with Crippen molar-refractivity contribution in [2.75, 3.05) is 4.72 Å². The van der Waals surface area contributed by atoms with Crippen LogP contribution in [0, 0.1) is 0 Å². The predicted octanol–water partition coefficient (Wildman–Crippen LogP) is 3.71. The summed E-state index contributed by atoms with van der Waals surface area (Å²) in [4.78, 5) is 24.9. The third-order valence-corrected chi connectivity index (χ3v) is 7.43. The Kier molecular flexibility index (Phi) is 6.20. The molecule has 0 fully saturated rings. The van der Waals surface area contributed by atoms with Crippen molar-refractivity contribution in [1.82, 2.24) is 10.9 Å². The van der Waals surface area contributed by atoms with Crippen molar-refractivity contribution in [3.63, 3.8) is 0 Å². The lowest BCUT2D eigenvalue weighted by molar-refractivity contribution is -0.121. The van der Waals surface area contributed by atoms with Gasteiger partial charge in [-0.2, -0.15) is 0 Å². The van der Waals surface area contributed by atoms with Gasteiger partial charge in [0.1, 0.15) is 4.21 Å². The highest BCUT2D eigenvalue weighted by Crippen LogP contribution is 2.23. The van der Waals surface area contributed by atoms with Crippen molar-refractivity contribution in [2.24, 2.45) is 0 Å². The first-order valence-corrected chi connectivity index (χ1v) is 12.0. The Balaban J connectivity index is 1.41. The number of carbonyl (C=O) groups is 2. The fraction of sp³-hybridized carbons (Fsp3) is 0.0435. The first kappa shape index (κ1) is 21.5. The van der Waals surface area contributed by atoms with Crippen molar-refractivity contribution in [2.45, 2.75) is 10.6 Å². The minimum absolute atomic E-state index is 0.0811. The Morgan fingerprint density at radius 2 is 1.56 bits per heavy atom. The molecule has 3 aromatic carbocycles. The summed E-state index contributed by atoms with van der Waals surface area (Å²) in [7, 11) is -3.81. The van der Waals surface area contributed by atoms with Crippen LogP contribution in [0.1, 0.15) is 15.9 Å². The molecule has 32 heavy (non-hydrogen) atoms. The molecule has 1 aromatic heterocycles. The molecule has 162 valence electrons. The summed E-state index contributed by atoms with van der Waals surface area (Å²) in [6.45, 7) is 0. The van der Waals surface area contributed by atoms with Crippen LogP contribution in [0.4, 0.5) is 5.69 Å². The van der Waals surface area contributed by atoms with E-state index >= 15 is 0 Å². The molecule has 2 amide bonds. The fourth-order valence-corrected chi connectivity index (χ4v) is 5.23. The van der Waals surface area contributed by atoms with Gasteiger partial charge in [0.15, 0.2) is 0 Å². The molecule has 0 bridgehead atoms. The van der Waals surface area contributed by atoms with Gasteiger partial charge in [-0.05, 0) is 39.9 Å². The minimum Gasteiger partial charge on any atom is -0.278 e. The van der Waals surface area contributed by atoms with E-state index in [1.165, 1.54) is 18.2 Å². The number of hydrogen-bond acceptors (Lipinski definition) is 5. The average molecular weight is 466 g/mol. The quantitative estimate of drug-likeness (QED) is 0.378. The second-order valence-electron chi connectivity index (χ2n) is 6.94. The lowest BCUT2D eigenvalue weighted by Gasteiger charge is -2.12. The van der Waals surface area contributed by atoms with Gasteiger partial charge >= 0.3 is 0 Å². The number of anilines is 1. The van der Waals surface area contributed by atoms with Gasteiger partial charge in [-0.15, -0.1) is 11.3 Å². The molecule has 1 heterocycles. The van der Waals surface area contributed by atoms with Crippen molar-refractivity contribution >= 4 is 49.6 Å². The molecular weight excluding hydrogens is 446 g/mol. The zero-order valence-electron chi connectivity index (χ0n) is 16.7. The molecule has 0 aliphatic heterocycles. The van der Waals surface area contributed by atoms with Gasteiger partial charge in [0.2, 0.25) is 5.91 Å². The van der Waals surface area contributed by atoms with E-state index in [1.54, 1.807) is 23.6 Å². The van der Waals surface area contributed by atoms with Crippen molar-refractivity contribution in [3.8, 4) is 0 Å². The van der Waals surface area contributed by atoms with E-state index in [2.05, 4.69) is 15.6 Å². The Bertz CT molecular complexity index is 1380. The van der Waals surface area contributed by atoms with E-state index in [-0.39, 0.29) is 21.9 Å². The molecule has 4 aromatic rings. The van der Waals surface area contributed by atoms with Gasteiger partial charge in [-0.1, -0.05) is 60.7 Å². The lowest BCUT2D eigenvalue weighted by atomic mass is 10.1. The fourth-order valence-electron chi connectivity index (χ4n) is 3.15. The molecule has 0 aliphatic carbocycles. The van der Waals surface area contributed by atoms with Crippen LogP contribution in [0.15, 0.2) is 88.5 Å². The van der Waals surface area contributed by atoms with Gasteiger partial charge in [0.25, 0.3) is 15.9 Å². The molecule has 0 saturated carbocycles. The van der Waals surface area contributed by atoms with Crippen LogP contribution in [0.2, 0.25) is 0 Å². The molecular formula is C23H19N3O4S2. The molecule has 0 unspecified atom stereocenters. The number of fused-ring (bicyclic) bond motifs is 1. The molecule has 7 nitrogen and oxygen atoms in total. The Hall–Kier alpha value is -3.69. The summed E-state index contributed by atoms with van der Waals surface area (Å²) in [6.07, 6.45) is 0.0811. The number of benzene rings is 3. The highest BCUT2D eigenvalue weighted by molar-refractivity contribution is 7.94. The smallest absolute Gasteiger partial charge is 0.271 e. The molecule has 0 radical (unpaired) electrons. The number of amides is 2. The maximum Gasteiger partial charge on any atom is 0.271 e. The second-order valence-corrected chi connectivity index (χ2v) is 9.80. The van der Waals surface area contributed by atoms with Crippen molar-refractivity contribution < 1.29 is 18.0 Å². The Labute approximate surface area is 189 Å². The zero-order valence-corrected chi connectivity index (χ0v) is 18.4. The molecule has 4 rings (SSSR count). The highest BCUT2D eigenvalue weighted by atomic mass is 32.2. The predicted molar refractivity (Wildman–Crippen MR) is 125 cm³/mol. The van der Waals surface area contributed by atoms with Crippen molar-refractivity contribution in [1.29, 1.82) is 0 Å². The van der Waals surface area contributed by atoms with Gasteiger partial charge in [-0.25, -0.2) is 8.42 Å². The molecule has 0 spiro atoms. The normalized spacial score (nSPS) is 11.1. The Morgan fingerprint density at radius 1 is 0.812 bits per heavy atom. The van der Waals surface area contributed by atoms with Crippen LogP contribution in [-0.2, 0) is 21.2 Å². The number of sulfonamides is 1. The van der Waals surface area contributed by atoms with E-state index in [0.29, 0.717) is 0 Å². The highest BCUT2D eigenvalue weighted by Gasteiger charge is 2.19. The van der Waals surface area contributed by atoms with Crippen LogP contribution in [0.3, 0.4) is 0 Å². The SMILES string of the molecule is O=C(Cc1ccc2ccccc2c1)NNC(=O)c1ccccc1NS(=O)(=O)c1cccs1.